The Labute approximate surface area is 150 Å². The third kappa shape index (κ3) is 2.02. The monoisotopic (exact) mass is 342 g/mol. The SMILES string of the molecule is C=C1C[C@H]2[C@@H](CC[C@]3(C)[C@@H]2CC[C@@]3(O)C(C)=O)[C@@]2(C)CCC(=O)C=C12. The summed E-state index contributed by atoms with van der Waals surface area (Å²) in [6.45, 7) is 10.3. The maximum atomic E-state index is 12.3. The van der Waals surface area contributed by atoms with E-state index in [-0.39, 0.29) is 22.4 Å². The number of Topliss-reactive ketones (excluding diaryl/α,β-unsaturated/α-hetero) is 1. The molecule has 1 N–H and O–H groups in total. The predicted molar refractivity (Wildman–Crippen MR) is 96.9 cm³/mol. The van der Waals surface area contributed by atoms with Gasteiger partial charge in [0, 0.05) is 11.8 Å². The van der Waals surface area contributed by atoms with Gasteiger partial charge in [0.2, 0.25) is 0 Å². The lowest BCUT2D eigenvalue weighted by atomic mass is 9.45. The Morgan fingerprint density at radius 2 is 1.88 bits per heavy atom. The molecule has 0 heterocycles. The van der Waals surface area contributed by atoms with E-state index in [1.165, 1.54) is 5.57 Å². The second-order valence-electron chi connectivity index (χ2n) is 9.54. The van der Waals surface area contributed by atoms with Crippen LogP contribution in [0.2, 0.25) is 0 Å². The molecule has 0 unspecified atom stereocenters. The summed E-state index contributed by atoms with van der Waals surface area (Å²) in [4.78, 5) is 24.2. The van der Waals surface area contributed by atoms with Crippen LogP contribution in [0.25, 0.3) is 0 Å². The van der Waals surface area contributed by atoms with Crippen LogP contribution in [0.15, 0.2) is 23.8 Å². The number of hydrogen-bond acceptors (Lipinski definition) is 3. The normalized spacial score (nSPS) is 49.1. The smallest absolute Gasteiger partial charge is 0.161 e. The Morgan fingerprint density at radius 1 is 1.20 bits per heavy atom. The number of carbonyl (C=O) groups excluding carboxylic acids is 2. The number of fused-ring (bicyclic) bond motifs is 5. The van der Waals surface area contributed by atoms with Gasteiger partial charge in [-0.1, -0.05) is 26.0 Å². The summed E-state index contributed by atoms with van der Waals surface area (Å²) in [5.74, 6) is 1.54. The minimum Gasteiger partial charge on any atom is -0.382 e. The highest BCUT2D eigenvalue weighted by Gasteiger charge is 2.65. The zero-order valence-corrected chi connectivity index (χ0v) is 15.7. The van der Waals surface area contributed by atoms with E-state index in [9.17, 15) is 14.7 Å². The minimum absolute atomic E-state index is 0.0339. The molecule has 3 nitrogen and oxygen atoms in total. The molecule has 136 valence electrons. The first-order chi connectivity index (χ1) is 11.6. The molecular formula is C22H30O3. The number of rotatable bonds is 1. The average Bonchev–Trinajstić information content (AvgIpc) is 2.83. The van der Waals surface area contributed by atoms with Gasteiger partial charge in [0.05, 0.1) is 0 Å². The van der Waals surface area contributed by atoms with Crippen LogP contribution < -0.4 is 0 Å². The first-order valence-electron chi connectivity index (χ1n) is 9.80. The third-order valence-corrected chi connectivity index (χ3v) is 8.66. The topological polar surface area (TPSA) is 54.4 Å². The first kappa shape index (κ1) is 17.2. The third-order valence-electron chi connectivity index (χ3n) is 8.66. The summed E-state index contributed by atoms with van der Waals surface area (Å²) in [7, 11) is 0. The average molecular weight is 342 g/mol. The Morgan fingerprint density at radius 3 is 2.56 bits per heavy atom. The van der Waals surface area contributed by atoms with E-state index >= 15 is 0 Å². The van der Waals surface area contributed by atoms with Gasteiger partial charge in [0.15, 0.2) is 11.6 Å². The van der Waals surface area contributed by atoms with Crippen molar-refractivity contribution in [2.24, 2.45) is 28.6 Å². The highest BCUT2D eigenvalue weighted by molar-refractivity contribution is 5.92. The molecule has 25 heavy (non-hydrogen) atoms. The van der Waals surface area contributed by atoms with Crippen molar-refractivity contribution in [2.45, 2.75) is 71.3 Å². The highest BCUT2D eigenvalue weighted by Crippen LogP contribution is 2.68. The molecule has 0 aromatic heterocycles. The molecule has 0 aromatic rings. The van der Waals surface area contributed by atoms with Crippen LogP contribution in [0.1, 0.15) is 65.7 Å². The van der Waals surface area contributed by atoms with E-state index in [4.69, 9.17) is 0 Å². The van der Waals surface area contributed by atoms with Crippen molar-refractivity contribution in [1.29, 1.82) is 0 Å². The molecule has 0 aromatic carbocycles. The fourth-order valence-corrected chi connectivity index (χ4v) is 7.16. The molecule has 0 bridgehead atoms. The number of carbonyl (C=O) groups is 2. The summed E-state index contributed by atoms with van der Waals surface area (Å²) in [5, 5.41) is 11.2. The van der Waals surface area contributed by atoms with Crippen molar-refractivity contribution in [2.75, 3.05) is 0 Å². The molecule has 4 rings (SSSR count). The van der Waals surface area contributed by atoms with Gasteiger partial charge in [-0.3, -0.25) is 9.59 Å². The van der Waals surface area contributed by atoms with Gasteiger partial charge in [0.25, 0.3) is 0 Å². The van der Waals surface area contributed by atoms with E-state index < -0.39 is 5.60 Å². The molecule has 3 heteroatoms. The maximum Gasteiger partial charge on any atom is 0.161 e. The van der Waals surface area contributed by atoms with Crippen LogP contribution in [0.4, 0.5) is 0 Å². The summed E-state index contributed by atoms with van der Waals surface area (Å²) in [5.41, 5.74) is 0.852. The zero-order chi connectivity index (χ0) is 18.2. The van der Waals surface area contributed by atoms with Crippen molar-refractivity contribution < 1.29 is 14.7 Å². The second-order valence-corrected chi connectivity index (χ2v) is 9.54. The summed E-state index contributed by atoms with van der Waals surface area (Å²) < 4.78 is 0. The van der Waals surface area contributed by atoms with Gasteiger partial charge in [-0.15, -0.1) is 0 Å². The largest absolute Gasteiger partial charge is 0.382 e. The van der Waals surface area contributed by atoms with E-state index in [1.54, 1.807) is 6.92 Å². The number of hydrogen-bond donors (Lipinski definition) is 1. The maximum absolute atomic E-state index is 12.3. The summed E-state index contributed by atoms with van der Waals surface area (Å²) >= 11 is 0. The van der Waals surface area contributed by atoms with Gasteiger partial charge in [0.1, 0.15) is 5.60 Å². The first-order valence-corrected chi connectivity index (χ1v) is 9.80. The van der Waals surface area contributed by atoms with E-state index in [0.717, 1.165) is 37.7 Å². The van der Waals surface area contributed by atoms with Gasteiger partial charge >= 0.3 is 0 Å². The fraction of sp³-hybridized carbons (Fsp3) is 0.727. The standard InChI is InChI=1S/C22H30O3/c1-13-11-16-17(20(3)8-5-15(24)12-19(13)20)6-9-21(4)18(16)7-10-22(21,25)14(2)23/h12,16-18,25H,1,5-11H2,2-4H3/t16-,17+,18+,20+,21+,22+/m0/s1. The summed E-state index contributed by atoms with van der Waals surface area (Å²) in [6.07, 6.45) is 7.77. The van der Waals surface area contributed by atoms with Crippen LogP contribution in [0.3, 0.4) is 0 Å². The van der Waals surface area contributed by atoms with Crippen molar-refractivity contribution in [1.82, 2.24) is 0 Å². The van der Waals surface area contributed by atoms with E-state index in [1.807, 2.05) is 6.08 Å². The lowest BCUT2D eigenvalue weighted by Crippen LogP contribution is -2.57. The van der Waals surface area contributed by atoms with Crippen LogP contribution >= 0.6 is 0 Å². The van der Waals surface area contributed by atoms with Crippen molar-refractivity contribution >= 4 is 11.6 Å². The molecule has 3 saturated carbocycles. The van der Waals surface area contributed by atoms with Crippen molar-refractivity contribution in [3.63, 3.8) is 0 Å². The highest BCUT2D eigenvalue weighted by atomic mass is 16.3. The van der Waals surface area contributed by atoms with Gasteiger partial charge in [-0.25, -0.2) is 0 Å². The van der Waals surface area contributed by atoms with Crippen molar-refractivity contribution in [3.8, 4) is 0 Å². The Kier molecular flexibility index (Phi) is 3.55. The molecule has 3 fully saturated rings. The Bertz CT molecular complexity index is 704. The Balaban J connectivity index is 1.75. The molecule has 4 aliphatic carbocycles. The molecular weight excluding hydrogens is 312 g/mol. The van der Waals surface area contributed by atoms with Gasteiger partial charge in [-0.05, 0) is 80.3 Å². The molecule has 6 atom stereocenters. The quantitative estimate of drug-likeness (QED) is 0.783. The van der Waals surface area contributed by atoms with Crippen LogP contribution in [0.5, 0.6) is 0 Å². The Hall–Kier alpha value is -1.22. The van der Waals surface area contributed by atoms with Crippen molar-refractivity contribution in [3.05, 3.63) is 23.8 Å². The molecule has 0 radical (unpaired) electrons. The predicted octanol–water partition coefficient (Wildman–Crippen LogP) is 4.00. The van der Waals surface area contributed by atoms with Crippen LogP contribution in [-0.4, -0.2) is 22.3 Å². The zero-order valence-electron chi connectivity index (χ0n) is 15.7. The van der Waals surface area contributed by atoms with E-state index in [0.29, 0.717) is 30.6 Å². The fourth-order valence-electron chi connectivity index (χ4n) is 7.16. The van der Waals surface area contributed by atoms with Gasteiger partial charge < -0.3 is 5.11 Å². The minimum atomic E-state index is -1.16. The molecule has 0 saturated heterocycles. The molecule has 0 amide bonds. The number of allylic oxidation sites excluding steroid dienone is 2. The van der Waals surface area contributed by atoms with Gasteiger partial charge in [-0.2, -0.15) is 0 Å². The number of ketones is 2. The molecule has 0 aliphatic heterocycles. The van der Waals surface area contributed by atoms with E-state index in [2.05, 4.69) is 20.4 Å². The molecule has 0 spiro atoms. The second kappa shape index (κ2) is 5.16. The number of aliphatic hydroxyl groups is 1. The van der Waals surface area contributed by atoms with Crippen LogP contribution in [-0.2, 0) is 9.59 Å². The lowest BCUT2D eigenvalue weighted by molar-refractivity contribution is -0.159. The summed E-state index contributed by atoms with van der Waals surface area (Å²) in [6, 6.07) is 0. The molecule has 4 aliphatic rings. The lowest BCUT2D eigenvalue weighted by Gasteiger charge is -2.59. The van der Waals surface area contributed by atoms with Crippen LogP contribution in [0, 0.1) is 28.6 Å².